The van der Waals surface area contributed by atoms with Gasteiger partial charge in [0.05, 0.1) is 11.9 Å². The van der Waals surface area contributed by atoms with Gasteiger partial charge in [0.15, 0.2) is 11.3 Å². The number of imidazole rings is 1. The molecular formula is C18H19N5O3. The first-order valence-electron chi connectivity index (χ1n) is 8.59. The van der Waals surface area contributed by atoms with Crippen LogP contribution in [0.15, 0.2) is 35.3 Å². The first kappa shape index (κ1) is 16.3. The zero-order valence-corrected chi connectivity index (χ0v) is 14.1. The average molecular weight is 353 g/mol. The molecule has 0 spiro atoms. The fraction of sp³-hybridized carbons (Fsp3) is 0.333. The summed E-state index contributed by atoms with van der Waals surface area (Å²) < 4.78 is 1.64. The maximum Gasteiger partial charge on any atom is 0.329 e. The summed E-state index contributed by atoms with van der Waals surface area (Å²) in [5.74, 6) is -0.220. The minimum atomic E-state index is -0.274. The second-order valence-electron chi connectivity index (χ2n) is 6.68. The van der Waals surface area contributed by atoms with Crippen LogP contribution in [0.3, 0.4) is 0 Å². The number of nitrogens with one attached hydrogen (secondary N) is 1. The Morgan fingerprint density at radius 1 is 1.19 bits per heavy atom. The molecule has 4 rings (SSSR count). The van der Waals surface area contributed by atoms with Gasteiger partial charge in [0.2, 0.25) is 5.91 Å². The van der Waals surface area contributed by atoms with Crippen molar-refractivity contribution < 1.29 is 9.90 Å². The molecule has 0 unspecified atom stereocenters. The van der Waals surface area contributed by atoms with Gasteiger partial charge in [-0.05, 0) is 49.9 Å². The fourth-order valence-electron chi connectivity index (χ4n) is 3.62. The summed E-state index contributed by atoms with van der Waals surface area (Å²) in [5.41, 5.74) is 7.51. The van der Waals surface area contributed by atoms with Crippen molar-refractivity contribution in [1.82, 2.24) is 19.5 Å². The summed E-state index contributed by atoms with van der Waals surface area (Å²) in [5, 5.41) is 9.43. The molecule has 0 aliphatic heterocycles. The number of aromatic amines is 1. The molecule has 3 aromatic rings. The second kappa shape index (κ2) is 6.29. The van der Waals surface area contributed by atoms with Gasteiger partial charge >= 0.3 is 5.69 Å². The monoisotopic (exact) mass is 353 g/mol. The van der Waals surface area contributed by atoms with E-state index in [1.807, 2.05) is 0 Å². The number of phenols is 1. The molecular weight excluding hydrogens is 334 g/mol. The van der Waals surface area contributed by atoms with Gasteiger partial charge in [0.1, 0.15) is 5.75 Å². The lowest BCUT2D eigenvalue weighted by Gasteiger charge is -2.27. The number of nitrogens with two attached hydrogens (primary N) is 1. The standard InChI is InChI=1S/C18H19N5O3/c19-15(25)11-1-5-12(6-2-11)23-17-16(22-18(23)26)20-9-14(21-17)10-3-7-13(24)8-4-10/h3-4,7-9,11-12,24H,1-2,5-6H2,(H2,19,25)(H,20,22,26)/t11-,12+. The van der Waals surface area contributed by atoms with Crippen LogP contribution in [0.1, 0.15) is 31.7 Å². The van der Waals surface area contributed by atoms with Crippen molar-refractivity contribution >= 4 is 17.2 Å². The lowest BCUT2D eigenvalue weighted by Crippen LogP contribution is -2.31. The van der Waals surface area contributed by atoms with Crippen molar-refractivity contribution in [3.63, 3.8) is 0 Å². The smallest absolute Gasteiger partial charge is 0.329 e. The Morgan fingerprint density at radius 3 is 2.54 bits per heavy atom. The number of aromatic hydroxyl groups is 1. The van der Waals surface area contributed by atoms with E-state index < -0.39 is 0 Å². The summed E-state index contributed by atoms with van der Waals surface area (Å²) in [6.45, 7) is 0. The number of hydrogen-bond donors (Lipinski definition) is 3. The summed E-state index contributed by atoms with van der Waals surface area (Å²) in [7, 11) is 0. The zero-order valence-electron chi connectivity index (χ0n) is 14.1. The maximum absolute atomic E-state index is 12.4. The van der Waals surface area contributed by atoms with Crippen LogP contribution in [-0.4, -0.2) is 30.5 Å². The van der Waals surface area contributed by atoms with Gasteiger partial charge in [-0.15, -0.1) is 0 Å². The number of primary amides is 1. The van der Waals surface area contributed by atoms with Crippen LogP contribution in [-0.2, 0) is 4.79 Å². The quantitative estimate of drug-likeness (QED) is 0.660. The molecule has 0 radical (unpaired) electrons. The van der Waals surface area contributed by atoms with Crippen molar-refractivity contribution in [3.05, 3.63) is 40.9 Å². The van der Waals surface area contributed by atoms with Crippen molar-refractivity contribution in [3.8, 4) is 17.0 Å². The van der Waals surface area contributed by atoms with E-state index in [0.717, 1.165) is 5.56 Å². The van der Waals surface area contributed by atoms with Gasteiger partial charge in [0, 0.05) is 17.5 Å². The number of amides is 1. The Balaban J connectivity index is 1.72. The highest BCUT2D eigenvalue weighted by Gasteiger charge is 2.28. The highest BCUT2D eigenvalue weighted by Crippen LogP contribution is 2.32. The molecule has 26 heavy (non-hydrogen) atoms. The van der Waals surface area contributed by atoms with Crippen molar-refractivity contribution in [2.45, 2.75) is 31.7 Å². The molecule has 1 amide bonds. The first-order valence-corrected chi connectivity index (χ1v) is 8.59. The molecule has 0 bridgehead atoms. The van der Waals surface area contributed by atoms with Gasteiger partial charge in [-0.1, -0.05) is 0 Å². The largest absolute Gasteiger partial charge is 0.508 e. The van der Waals surface area contributed by atoms with E-state index in [-0.39, 0.29) is 29.3 Å². The van der Waals surface area contributed by atoms with Gasteiger partial charge in [-0.25, -0.2) is 14.8 Å². The van der Waals surface area contributed by atoms with Crippen molar-refractivity contribution in [1.29, 1.82) is 0 Å². The molecule has 0 atom stereocenters. The van der Waals surface area contributed by atoms with Gasteiger partial charge < -0.3 is 10.8 Å². The van der Waals surface area contributed by atoms with E-state index in [4.69, 9.17) is 5.73 Å². The predicted octanol–water partition coefficient (Wildman–Crippen LogP) is 1.71. The Hall–Kier alpha value is -3.16. The van der Waals surface area contributed by atoms with Crippen LogP contribution in [0.5, 0.6) is 5.75 Å². The Morgan fingerprint density at radius 2 is 1.88 bits per heavy atom. The second-order valence-corrected chi connectivity index (χ2v) is 6.68. The predicted molar refractivity (Wildman–Crippen MR) is 95.4 cm³/mol. The van der Waals surface area contributed by atoms with E-state index in [2.05, 4.69) is 15.0 Å². The average Bonchev–Trinajstić information content (AvgIpc) is 2.97. The SMILES string of the molecule is NC(=O)[C@H]1CC[C@@H](n2c(=O)[nH]c3ncc(-c4ccc(O)cc4)nc32)CC1. The maximum atomic E-state index is 12.4. The number of phenolic OH excluding ortho intramolecular Hbond substituents is 1. The van der Waals surface area contributed by atoms with Gasteiger partial charge in [-0.2, -0.15) is 0 Å². The third kappa shape index (κ3) is 2.83. The van der Waals surface area contributed by atoms with Crippen molar-refractivity contribution in [2.24, 2.45) is 11.7 Å². The van der Waals surface area contributed by atoms with Crippen LogP contribution < -0.4 is 11.4 Å². The first-order chi connectivity index (χ1) is 12.5. The van der Waals surface area contributed by atoms with Gasteiger partial charge in [0.25, 0.3) is 0 Å². The number of H-pyrrole nitrogens is 1. The molecule has 1 aliphatic carbocycles. The number of nitrogens with zero attached hydrogens (tertiary/aromatic N) is 3. The number of carbonyl (C=O) groups excluding carboxylic acids is 1. The fourth-order valence-corrected chi connectivity index (χ4v) is 3.62. The van der Waals surface area contributed by atoms with Crippen LogP contribution in [0.25, 0.3) is 22.6 Å². The molecule has 1 aliphatic rings. The highest BCUT2D eigenvalue weighted by atomic mass is 16.3. The number of rotatable bonds is 3. The third-order valence-corrected chi connectivity index (χ3v) is 5.05. The zero-order chi connectivity index (χ0) is 18.3. The van der Waals surface area contributed by atoms with E-state index in [1.54, 1.807) is 35.0 Å². The summed E-state index contributed by atoms with van der Waals surface area (Å²) in [6.07, 6.45) is 4.34. The molecule has 1 aromatic carbocycles. The minimum Gasteiger partial charge on any atom is -0.508 e. The molecule has 8 nitrogen and oxygen atoms in total. The summed E-state index contributed by atoms with van der Waals surface area (Å²) in [6, 6.07) is 6.63. The van der Waals surface area contributed by atoms with E-state index >= 15 is 0 Å². The topological polar surface area (TPSA) is 127 Å². The molecule has 8 heteroatoms. The molecule has 2 heterocycles. The number of benzene rings is 1. The minimum absolute atomic E-state index is 0.0313. The van der Waals surface area contributed by atoms with Crippen LogP contribution in [0.4, 0.5) is 0 Å². The molecule has 1 saturated carbocycles. The lowest BCUT2D eigenvalue weighted by molar-refractivity contribution is -0.122. The number of carbonyl (C=O) groups is 1. The van der Waals surface area contributed by atoms with Crippen LogP contribution in [0.2, 0.25) is 0 Å². The van der Waals surface area contributed by atoms with E-state index in [9.17, 15) is 14.7 Å². The lowest BCUT2D eigenvalue weighted by atomic mass is 9.85. The van der Waals surface area contributed by atoms with Crippen LogP contribution in [0, 0.1) is 5.92 Å². The summed E-state index contributed by atoms with van der Waals surface area (Å²) >= 11 is 0. The van der Waals surface area contributed by atoms with Crippen molar-refractivity contribution in [2.75, 3.05) is 0 Å². The Kier molecular flexibility index (Phi) is 3.95. The normalized spacial score (nSPS) is 20.3. The van der Waals surface area contributed by atoms with E-state index in [1.165, 1.54) is 0 Å². The van der Waals surface area contributed by atoms with E-state index in [0.29, 0.717) is 42.7 Å². The highest BCUT2D eigenvalue weighted by molar-refractivity contribution is 5.76. The molecule has 1 fully saturated rings. The Labute approximate surface area is 148 Å². The van der Waals surface area contributed by atoms with Gasteiger partial charge in [-0.3, -0.25) is 14.3 Å². The number of aromatic nitrogens is 4. The third-order valence-electron chi connectivity index (χ3n) is 5.05. The molecule has 0 saturated heterocycles. The van der Waals surface area contributed by atoms with Crippen LogP contribution >= 0.6 is 0 Å². The molecule has 2 aromatic heterocycles. The Bertz CT molecular complexity index is 1010. The number of fused-ring (bicyclic) bond motifs is 1. The number of hydrogen-bond acceptors (Lipinski definition) is 5. The molecule has 134 valence electrons. The molecule has 4 N–H and O–H groups in total. The summed E-state index contributed by atoms with van der Waals surface area (Å²) in [4.78, 5) is 35.5.